The third-order valence-corrected chi connectivity index (χ3v) is 2.77. The Morgan fingerprint density at radius 3 is 2.41 bits per heavy atom. The van der Waals surface area contributed by atoms with Crippen LogP contribution in [0, 0.1) is 19.8 Å². The van der Waals surface area contributed by atoms with Gasteiger partial charge in [-0.15, -0.1) is 0 Å². The highest BCUT2D eigenvalue weighted by Gasteiger charge is 2.22. The first-order valence-corrected chi connectivity index (χ1v) is 5.69. The highest BCUT2D eigenvalue weighted by Crippen LogP contribution is 2.26. The van der Waals surface area contributed by atoms with Crippen LogP contribution >= 0.6 is 0 Å². The van der Waals surface area contributed by atoms with Gasteiger partial charge in [0.25, 0.3) is 0 Å². The molecule has 0 radical (unpaired) electrons. The topological polar surface area (TPSA) is 75.3 Å². The first-order valence-electron chi connectivity index (χ1n) is 5.69. The Morgan fingerprint density at radius 1 is 1.35 bits per heavy atom. The summed E-state index contributed by atoms with van der Waals surface area (Å²) >= 11 is 0. The Hall–Kier alpha value is -1.71. The van der Waals surface area contributed by atoms with Gasteiger partial charge in [0.15, 0.2) is 0 Å². The summed E-state index contributed by atoms with van der Waals surface area (Å²) in [4.78, 5) is 11.1. The van der Waals surface area contributed by atoms with E-state index >= 15 is 0 Å². The fraction of sp³-hybridized carbons (Fsp3) is 0.462. The molecule has 0 amide bonds. The minimum atomic E-state index is -0.862. The monoisotopic (exact) mass is 236 g/mol. The van der Waals surface area contributed by atoms with Crippen LogP contribution in [0.5, 0.6) is 0 Å². The molecule has 0 aliphatic rings. The maximum absolute atomic E-state index is 11.1. The number of nitrogens with one attached hydrogen (secondary N) is 1. The minimum absolute atomic E-state index is 0.00674. The van der Waals surface area contributed by atoms with Crippen LogP contribution in [-0.4, -0.2) is 17.1 Å². The van der Waals surface area contributed by atoms with Crippen molar-refractivity contribution in [3.63, 3.8) is 0 Å². The van der Waals surface area contributed by atoms with Gasteiger partial charge in [-0.3, -0.25) is 0 Å². The number of aliphatic carboxylic acids is 1. The van der Waals surface area contributed by atoms with Crippen molar-refractivity contribution in [2.24, 2.45) is 5.92 Å². The summed E-state index contributed by atoms with van der Waals surface area (Å²) in [5.41, 5.74) is 9.28. The quantitative estimate of drug-likeness (QED) is 0.702. The first kappa shape index (κ1) is 13.4. The van der Waals surface area contributed by atoms with Gasteiger partial charge < -0.3 is 16.2 Å². The molecule has 4 N–H and O–H groups in total. The smallest absolute Gasteiger partial charge is 0.326 e. The molecule has 0 bridgehead atoms. The van der Waals surface area contributed by atoms with Gasteiger partial charge in [-0.1, -0.05) is 19.9 Å². The fourth-order valence-corrected chi connectivity index (χ4v) is 1.78. The summed E-state index contributed by atoms with van der Waals surface area (Å²) in [6.45, 7) is 7.61. The predicted molar refractivity (Wildman–Crippen MR) is 70.2 cm³/mol. The SMILES string of the molecule is Cc1cc(C)c(N)c(N[C@H](C(=O)O)C(C)C)c1. The number of rotatable bonds is 4. The fourth-order valence-electron chi connectivity index (χ4n) is 1.78. The molecule has 0 saturated carbocycles. The Kier molecular flexibility index (Phi) is 3.99. The maximum atomic E-state index is 11.1. The molecule has 0 saturated heterocycles. The zero-order chi connectivity index (χ0) is 13.2. The number of hydrogen-bond acceptors (Lipinski definition) is 3. The molecular weight excluding hydrogens is 216 g/mol. The lowest BCUT2D eigenvalue weighted by molar-refractivity contribution is -0.138. The van der Waals surface area contributed by atoms with E-state index in [0.29, 0.717) is 11.4 Å². The Labute approximate surface area is 102 Å². The lowest BCUT2D eigenvalue weighted by Crippen LogP contribution is -2.34. The molecule has 1 atom stereocenters. The second kappa shape index (κ2) is 5.08. The van der Waals surface area contributed by atoms with E-state index in [9.17, 15) is 4.79 Å². The summed E-state index contributed by atoms with van der Waals surface area (Å²) in [5, 5.41) is 12.1. The van der Waals surface area contributed by atoms with Crippen molar-refractivity contribution < 1.29 is 9.90 Å². The van der Waals surface area contributed by atoms with Gasteiger partial charge in [0.2, 0.25) is 0 Å². The average molecular weight is 236 g/mol. The molecule has 1 aromatic rings. The van der Waals surface area contributed by atoms with Crippen LogP contribution in [0.25, 0.3) is 0 Å². The number of anilines is 2. The van der Waals surface area contributed by atoms with Crippen LogP contribution in [-0.2, 0) is 4.79 Å². The molecule has 4 heteroatoms. The van der Waals surface area contributed by atoms with E-state index in [1.165, 1.54) is 0 Å². The van der Waals surface area contributed by atoms with E-state index in [1.807, 2.05) is 39.8 Å². The van der Waals surface area contributed by atoms with E-state index in [2.05, 4.69) is 5.32 Å². The Balaban J connectivity index is 3.05. The molecule has 0 aliphatic heterocycles. The standard InChI is InChI=1S/C13H20N2O2/c1-7(2)12(13(16)17)15-10-6-8(3)5-9(4)11(10)14/h5-7,12,15H,14H2,1-4H3,(H,16,17)/t12-/m0/s1. The van der Waals surface area contributed by atoms with Crippen molar-refractivity contribution in [3.05, 3.63) is 23.3 Å². The molecule has 1 aromatic carbocycles. The van der Waals surface area contributed by atoms with Gasteiger partial charge >= 0.3 is 5.97 Å². The van der Waals surface area contributed by atoms with Gasteiger partial charge in [0.05, 0.1) is 11.4 Å². The van der Waals surface area contributed by atoms with Gasteiger partial charge in [-0.25, -0.2) is 4.79 Å². The highest BCUT2D eigenvalue weighted by atomic mass is 16.4. The van der Waals surface area contributed by atoms with Gasteiger partial charge in [-0.05, 0) is 37.0 Å². The van der Waals surface area contributed by atoms with E-state index in [-0.39, 0.29) is 5.92 Å². The van der Waals surface area contributed by atoms with Gasteiger partial charge in [0.1, 0.15) is 6.04 Å². The largest absolute Gasteiger partial charge is 0.480 e. The number of hydrogen-bond donors (Lipinski definition) is 3. The highest BCUT2D eigenvalue weighted by molar-refractivity contribution is 5.81. The van der Waals surface area contributed by atoms with Gasteiger partial charge in [0, 0.05) is 0 Å². The summed E-state index contributed by atoms with van der Waals surface area (Å²) in [6, 6.07) is 3.23. The molecule has 0 aromatic heterocycles. The number of aryl methyl sites for hydroxylation is 2. The van der Waals surface area contributed by atoms with E-state index in [1.54, 1.807) is 0 Å². The normalized spacial score (nSPS) is 12.5. The molecule has 0 spiro atoms. The van der Waals surface area contributed by atoms with Gasteiger partial charge in [-0.2, -0.15) is 0 Å². The molecule has 0 heterocycles. The van der Waals surface area contributed by atoms with Crippen molar-refractivity contribution in [2.45, 2.75) is 33.7 Å². The molecule has 4 nitrogen and oxygen atoms in total. The third-order valence-electron chi connectivity index (χ3n) is 2.77. The molecule has 94 valence electrons. The van der Waals surface area contributed by atoms with E-state index in [0.717, 1.165) is 11.1 Å². The third kappa shape index (κ3) is 3.12. The van der Waals surface area contributed by atoms with Crippen molar-refractivity contribution >= 4 is 17.3 Å². The summed E-state index contributed by atoms with van der Waals surface area (Å²) in [7, 11) is 0. The number of carbonyl (C=O) groups is 1. The van der Waals surface area contributed by atoms with Crippen LogP contribution in [0.15, 0.2) is 12.1 Å². The number of nitrogen functional groups attached to an aromatic ring is 1. The second-order valence-corrected chi connectivity index (χ2v) is 4.75. The van der Waals surface area contributed by atoms with Crippen LogP contribution < -0.4 is 11.1 Å². The van der Waals surface area contributed by atoms with Crippen LogP contribution in [0.3, 0.4) is 0 Å². The number of nitrogens with two attached hydrogens (primary N) is 1. The van der Waals surface area contributed by atoms with Crippen molar-refractivity contribution in [2.75, 3.05) is 11.1 Å². The van der Waals surface area contributed by atoms with E-state index < -0.39 is 12.0 Å². The molecule has 17 heavy (non-hydrogen) atoms. The van der Waals surface area contributed by atoms with Crippen molar-refractivity contribution in [1.82, 2.24) is 0 Å². The molecule has 1 rings (SSSR count). The molecule has 0 fully saturated rings. The average Bonchev–Trinajstić information content (AvgIpc) is 2.19. The first-order chi connectivity index (χ1) is 7.82. The van der Waals surface area contributed by atoms with Crippen LogP contribution in [0.2, 0.25) is 0 Å². The summed E-state index contributed by atoms with van der Waals surface area (Å²) in [5.74, 6) is -0.869. The van der Waals surface area contributed by atoms with Crippen molar-refractivity contribution in [3.8, 4) is 0 Å². The number of benzene rings is 1. The Morgan fingerprint density at radius 2 is 1.94 bits per heavy atom. The molecular formula is C13H20N2O2. The minimum Gasteiger partial charge on any atom is -0.480 e. The summed E-state index contributed by atoms with van der Waals surface area (Å²) < 4.78 is 0. The van der Waals surface area contributed by atoms with Crippen molar-refractivity contribution in [1.29, 1.82) is 0 Å². The van der Waals surface area contributed by atoms with Crippen LogP contribution in [0.4, 0.5) is 11.4 Å². The zero-order valence-corrected chi connectivity index (χ0v) is 10.7. The zero-order valence-electron chi connectivity index (χ0n) is 10.7. The Bertz CT molecular complexity index is 428. The lowest BCUT2D eigenvalue weighted by Gasteiger charge is -2.21. The van der Waals surface area contributed by atoms with E-state index in [4.69, 9.17) is 10.8 Å². The summed E-state index contributed by atoms with van der Waals surface area (Å²) in [6.07, 6.45) is 0. The van der Waals surface area contributed by atoms with Crippen LogP contribution in [0.1, 0.15) is 25.0 Å². The molecule has 0 unspecified atom stereocenters. The number of carboxylic acid groups (broad SMARTS) is 1. The second-order valence-electron chi connectivity index (χ2n) is 4.75. The lowest BCUT2D eigenvalue weighted by atomic mass is 10.0. The number of carboxylic acids is 1. The predicted octanol–water partition coefficient (Wildman–Crippen LogP) is 2.41. The maximum Gasteiger partial charge on any atom is 0.326 e. The molecule has 0 aliphatic carbocycles.